The number of thiazole rings is 1. The minimum absolute atomic E-state index is 0.300. The van der Waals surface area contributed by atoms with Crippen molar-refractivity contribution in [1.29, 1.82) is 0 Å². The van der Waals surface area contributed by atoms with Crippen molar-refractivity contribution in [1.82, 2.24) is 20.2 Å². The normalized spacial score (nSPS) is 10.8. The molecule has 0 radical (unpaired) electrons. The molecule has 0 spiro atoms. The Morgan fingerprint density at radius 1 is 0.923 bits per heavy atom. The van der Waals surface area contributed by atoms with Crippen LogP contribution in [0.25, 0.3) is 33.1 Å². The standard InChI is InChI=1S/C28H21Cl2N5O3S/c1-2-22-31-26(35-34-22)16-11-13-17(14-12-16)27(37)38-15-23(36)32-28-33-24(18-7-3-5-9-20(18)29)25(39-28)19-8-4-6-10-21(19)30/h3-14H,2,15H2,1H3,(H,31,34,35)(H,32,33,36). The van der Waals surface area contributed by atoms with Gasteiger partial charge in [0.2, 0.25) is 0 Å². The second kappa shape index (κ2) is 11.8. The predicted octanol–water partition coefficient (Wildman–Crippen LogP) is 6.93. The van der Waals surface area contributed by atoms with Crippen LogP contribution in [0.2, 0.25) is 10.0 Å². The smallest absolute Gasteiger partial charge is 0.338 e. The highest BCUT2D eigenvalue weighted by molar-refractivity contribution is 7.19. The number of aromatic amines is 1. The quantitative estimate of drug-likeness (QED) is 0.193. The molecule has 0 unspecified atom stereocenters. The zero-order chi connectivity index (χ0) is 27.4. The molecule has 2 aromatic heterocycles. The van der Waals surface area contributed by atoms with Crippen LogP contribution >= 0.6 is 34.5 Å². The van der Waals surface area contributed by atoms with E-state index in [0.717, 1.165) is 28.2 Å². The maximum absolute atomic E-state index is 12.7. The molecule has 0 aliphatic rings. The van der Waals surface area contributed by atoms with Gasteiger partial charge in [-0.25, -0.2) is 14.8 Å². The topological polar surface area (TPSA) is 110 Å². The van der Waals surface area contributed by atoms with Gasteiger partial charge >= 0.3 is 5.97 Å². The van der Waals surface area contributed by atoms with Crippen molar-refractivity contribution >= 4 is 51.5 Å². The van der Waals surface area contributed by atoms with E-state index in [4.69, 9.17) is 27.9 Å². The van der Waals surface area contributed by atoms with E-state index in [1.54, 1.807) is 36.4 Å². The molecule has 0 bridgehead atoms. The Kier molecular flexibility index (Phi) is 8.02. The lowest BCUT2D eigenvalue weighted by Crippen LogP contribution is -2.20. The third-order valence-electron chi connectivity index (χ3n) is 5.70. The van der Waals surface area contributed by atoms with Gasteiger partial charge in [-0.2, -0.15) is 5.10 Å². The molecule has 0 aliphatic carbocycles. The lowest BCUT2D eigenvalue weighted by Gasteiger charge is -2.06. The van der Waals surface area contributed by atoms with E-state index >= 15 is 0 Å². The van der Waals surface area contributed by atoms with Crippen LogP contribution in [0.15, 0.2) is 72.8 Å². The Hall–Kier alpha value is -4.05. The predicted molar refractivity (Wildman–Crippen MR) is 153 cm³/mol. The number of carbonyl (C=O) groups is 2. The SMILES string of the molecule is CCc1nc(-c2ccc(C(=O)OCC(=O)Nc3nc(-c4ccccc4Cl)c(-c4ccccc4Cl)s3)cc2)n[nH]1. The maximum Gasteiger partial charge on any atom is 0.338 e. The van der Waals surface area contributed by atoms with Gasteiger partial charge in [-0.15, -0.1) is 0 Å². The number of hydrogen-bond donors (Lipinski definition) is 2. The van der Waals surface area contributed by atoms with Gasteiger partial charge in [0.1, 0.15) is 5.82 Å². The first kappa shape index (κ1) is 26.6. The van der Waals surface area contributed by atoms with Gasteiger partial charge in [0, 0.05) is 28.1 Å². The highest BCUT2D eigenvalue weighted by atomic mass is 35.5. The first-order valence-corrected chi connectivity index (χ1v) is 13.5. The van der Waals surface area contributed by atoms with Crippen LogP contribution in [0.5, 0.6) is 0 Å². The molecule has 8 nitrogen and oxygen atoms in total. The number of H-pyrrole nitrogens is 1. The monoisotopic (exact) mass is 577 g/mol. The molecule has 0 saturated heterocycles. The lowest BCUT2D eigenvalue weighted by atomic mass is 10.1. The summed E-state index contributed by atoms with van der Waals surface area (Å²) in [6.45, 7) is 1.49. The lowest BCUT2D eigenvalue weighted by molar-refractivity contribution is -0.119. The summed E-state index contributed by atoms with van der Waals surface area (Å²) < 4.78 is 5.22. The van der Waals surface area contributed by atoms with E-state index in [0.29, 0.717) is 37.8 Å². The maximum atomic E-state index is 12.7. The number of aryl methyl sites for hydroxylation is 1. The number of benzene rings is 3. The molecule has 11 heteroatoms. The van der Waals surface area contributed by atoms with E-state index < -0.39 is 18.5 Å². The summed E-state index contributed by atoms with van der Waals surface area (Å²) in [7, 11) is 0. The van der Waals surface area contributed by atoms with Gasteiger partial charge in [-0.1, -0.05) is 90.0 Å². The zero-order valence-corrected chi connectivity index (χ0v) is 22.9. The number of amides is 1. The number of carbonyl (C=O) groups excluding carboxylic acids is 2. The fourth-order valence-electron chi connectivity index (χ4n) is 3.74. The van der Waals surface area contributed by atoms with Crippen molar-refractivity contribution in [2.24, 2.45) is 0 Å². The Labute approximate surface area is 238 Å². The van der Waals surface area contributed by atoms with Crippen LogP contribution in [0.4, 0.5) is 5.13 Å². The average molecular weight is 578 g/mol. The molecule has 0 saturated carbocycles. The first-order valence-electron chi connectivity index (χ1n) is 11.9. The number of hydrogen-bond acceptors (Lipinski definition) is 7. The molecular weight excluding hydrogens is 557 g/mol. The molecule has 0 atom stereocenters. The summed E-state index contributed by atoms with van der Waals surface area (Å²) in [5.41, 5.74) is 3.11. The van der Waals surface area contributed by atoms with E-state index in [1.807, 2.05) is 43.3 Å². The van der Waals surface area contributed by atoms with Crippen LogP contribution in [0.1, 0.15) is 23.1 Å². The van der Waals surface area contributed by atoms with Crippen molar-refractivity contribution in [2.45, 2.75) is 13.3 Å². The van der Waals surface area contributed by atoms with Crippen LogP contribution in [0.3, 0.4) is 0 Å². The highest BCUT2D eigenvalue weighted by Gasteiger charge is 2.20. The summed E-state index contributed by atoms with van der Waals surface area (Å²) in [5.74, 6) is 0.158. The third kappa shape index (κ3) is 6.01. The molecule has 2 N–H and O–H groups in total. The summed E-state index contributed by atoms with van der Waals surface area (Å²) in [6.07, 6.45) is 0.739. The third-order valence-corrected chi connectivity index (χ3v) is 7.36. The van der Waals surface area contributed by atoms with Crippen molar-refractivity contribution in [3.63, 3.8) is 0 Å². The first-order chi connectivity index (χ1) is 18.9. The van der Waals surface area contributed by atoms with Gasteiger partial charge < -0.3 is 4.74 Å². The summed E-state index contributed by atoms with van der Waals surface area (Å²) >= 11 is 14.2. The van der Waals surface area contributed by atoms with Crippen molar-refractivity contribution < 1.29 is 14.3 Å². The van der Waals surface area contributed by atoms with E-state index in [1.165, 1.54) is 11.3 Å². The summed E-state index contributed by atoms with van der Waals surface area (Å²) in [5, 5.41) is 11.1. The van der Waals surface area contributed by atoms with Crippen LogP contribution < -0.4 is 5.32 Å². The van der Waals surface area contributed by atoms with Gasteiger partial charge in [0.15, 0.2) is 17.6 Å². The largest absolute Gasteiger partial charge is 0.452 e. The number of esters is 1. The molecule has 5 aromatic rings. The fraction of sp³-hybridized carbons (Fsp3) is 0.107. The van der Waals surface area contributed by atoms with Crippen molar-refractivity contribution in [3.8, 4) is 33.1 Å². The number of ether oxygens (including phenoxy) is 1. The van der Waals surface area contributed by atoms with Crippen LogP contribution in [-0.4, -0.2) is 38.6 Å². The number of aromatic nitrogens is 4. The van der Waals surface area contributed by atoms with Crippen LogP contribution in [-0.2, 0) is 16.0 Å². The second-order valence-corrected chi connectivity index (χ2v) is 10.1. The Balaban J connectivity index is 1.28. The van der Waals surface area contributed by atoms with Gasteiger partial charge in [0.25, 0.3) is 5.91 Å². The summed E-state index contributed by atoms with van der Waals surface area (Å²) in [4.78, 5) is 34.9. The number of nitrogens with one attached hydrogen (secondary N) is 2. The second-order valence-electron chi connectivity index (χ2n) is 8.32. The minimum Gasteiger partial charge on any atom is -0.452 e. The molecular formula is C28H21Cl2N5O3S. The van der Waals surface area contributed by atoms with Gasteiger partial charge in [-0.3, -0.25) is 15.2 Å². The zero-order valence-electron chi connectivity index (χ0n) is 20.6. The fourth-order valence-corrected chi connectivity index (χ4v) is 5.29. The van der Waals surface area contributed by atoms with Gasteiger partial charge in [0.05, 0.1) is 21.2 Å². The molecule has 2 heterocycles. The number of halogens is 2. The number of anilines is 1. The Morgan fingerprint density at radius 2 is 1.59 bits per heavy atom. The average Bonchev–Trinajstić information content (AvgIpc) is 3.60. The Bertz CT molecular complexity index is 1590. The molecule has 3 aromatic carbocycles. The summed E-state index contributed by atoms with van der Waals surface area (Å²) in [6, 6.07) is 21.3. The van der Waals surface area contributed by atoms with E-state index in [-0.39, 0.29) is 0 Å². The van der Waals surface area contributed by atoms with Crippen molar-refractivity contribution in [2.75, 3.05) is 11.9 Å². The molecule has 39 heavy (non-hydrogen) atoms. The Morgan fingerprint density at radius 3 is 2.23 bits per heavy atom. The van der Waals surface area contributed by atoms with E-state index in [2.05, 4.69) is 25.5 Å². The molecule has 5 rings (SSSR count). The van der Waals surface area contributed by atoms with Crippen molar-refractivity contribution in [3.05, 3.63) is 94.2 Å². The number of rotatable bonds is 8. The molecule has 0 fully saturated rings. The van der Waals surface area contributed by atoms with Crippen LogP contribution in [0, 0.1) is 0 Å². The van der Waals surface area contributed by atoms with Gasteiger partial charge in [-0.05, 0) is 24.3 Å². The molecule has 1 amide bonds. The molecule has 0 aliphatic heterocycles. The van der Waals surface area contributed by atoms with E-state index in [9.17, 15) is 9.59 Å². The minimum atomic E-state index is -0.631. The number of nitrogens with zero attached hydrogens (tertiary/aromatic N) is 3. The highest BCUT2D eigenvalue weighted by Crippen LogP contribution is 2.43. The molecule has 196 valence electrons.